The summed E-state index contributed by atoms with van der Waals surface area (Å²) in [5.41, 5.74) is 3.96. The van der Waals surface area contributed by atoms with Crippen molar-refractivity contribution in [2.75, 3.05) is 6.54 Å². The van der Waals surface area contributed by atoms with Gasteiger partial charge in [0.15, 0.2) is 5.65 Å². The molecule has 0 radical (unpaired) electrons. The fourth-order valence-electron chi connectivity index (χ4n) is 3.29. The second-order valence-corrected chi connectivity index (χ2v) is 6.70. The molecule has 3 heterocycles. The van der Waals surface area contributed by atoms with Crippen molar-refractivity contribution in [2.45, 2.75) is 40.2 Å². The molecular weight excluding hydrogens is 352 g/mol. The zero-order valence-electron chi connectivity index (χ0n) is 16.4. The molecule has 28 heavy (non-hydrogen) atoms. The van der Waals surface area contributed by atoms with Crippen molar-refractivity contribution >= 4 is 17.6 Å². The van der Waals surface area contributed by atoms with Gasteiger partial charge in [0, 0.05) is 37.1 Å². The Hall–Kier alpha value is -3.40. The monoisotopic (exact) mass is 376 g/mol. The number of carbonyl (C=O) groups excluding carboxylic acids is 1. The van der Waals surface area contributed by atoms with Crippen LogP contribution in [0.5, 0.6) is 0 Å². The van der Waals surface area contributed by atoms with Crippen LogP contribution in [0.2, 0.25) is 0 Å². The summed E-state index contributed by atoms with van der Waals surface area (Å²) in [6.07, 6.45) is 5.11. The van der Waals surface area contributed by atoms with E-state index in [1.54, 1.807) is 6.08 Å². The first kappa shape index (κ1) is 19.4. The number of fused-ring (bicyclic) bond motifs is 1. The number of rotatable bonds is 7. The summed E-state index contributed by atoms with van der Waals surface area (Å²) in [7, 11) is 0. The summed E-state index contributed by atoms with van der Waals surface area (Å²) < 4.78 is 4.09. The van der Waals surface area contributed by atoms with Crippen molar-refractivity contribution in [1.29, 1.82) is 5.26 Å². The molecule has 0 unspecified atom stereocenters. The van der Waals surface area contributed by atoms with Crippen LogP contribution in [0.25, 0.3) is 11.7 Å². The summed E-state index contributed by atoms with van der Waals surface area (Å²) in [4.78, 5) is 12.4. The van der Waals surface area contributed by atoms with Gasteiger partial charge >= 0.3 is 0 Å². The fourth-order valence-corrected chi connectivity index (χ4v) is 3.29. The third kappa shape index (κ3) is 3.96. The van der Waals surface area contributed by atoms with Gasteiger partial charge in [-0.3, -0.25) is 9.20 Å². The van der Waals surface area contributed by atoms with E-state index in [4.69, 9.17) is 0 Å². The molecule has 7 nitrogen and oxygen atoms in total. The SMILES string of the molecule is CCCn1c(C)cc(/C=C(/C#N)C(=O)NCCc2nnc3ccccn23)c1C. The summed E-state index contributed by atoms with van der Waals surface area (Å²) in [5, 5.41) is 20.5. The molecule has 7 heteroatoms. The smallest absolute Gasteiger partial charge is 0.261 e. The molecule has 0 spiro atoms. The predicted octanol–water partition coefficient (Wildman–Crippen LogP) is 2.82. The van der Waals surface area contributed by atoms with Crippen LogP contribution in [0.1, 0.15) is 36.1 Å². The van der Waals surface area contributed by atoms with Crippen LogP contribution in [0, 0.1) is 25.2 Å². The predicted molar refractivity (Wildman–Crippen MR) is 107 cm³/mol. The molecule has 0 aromatic carbocycles. The molecule has 1 N–H and O–H groups in total. The molecular formula is C21H24N6O. The van der Waals surface area contributed by atoms with Gasteiger partial charge in [0.05, 0.1) is 0 Å². The highest BCUT2D eigenvalue weighted by Crippen LogP contribution is 2.18. The topological polar surface area (TPSA) is 88.0 Å². The zero-order valence-corrected chi connectivity index (χ0v) is 16.4. The number of nitriles is 1. The first-order valence-corrected chi connectivity index (χ1v) is 9.40. The molecule has 0 atom stereocenters. The lowest BCUT2D eigenvalue weighted by molar-refractivity contribution is -0.117. The highest BCUT2D eigenvalue weighted by atomic mass is 16.1. The molecule has 0 fully saturated rings. The highest BCUT2D eigenvalue weighted by molar-refractivity contribution is 6.01. The van der Waals surface area contributed by atoms with E-state index in [1.807, 2.05) is 54.8 Å². The van der Waals surface area contributed by atoms with Crippen LogP contribution < -0.4 is 5.32 Å². The van der Waals surface area contributed by atoms with Gasteiger partial charge in [-0.05, 0) is 50.1 Å². The third-order valence-electron chi connectivity index (χ3n) is 4.74. The van der Waals surface area contributed by atoms with Gasteiger partial charge in [-0.1, -0.05) is 13.0 Å². The normalized spacial score (nSPS) is 11.6. The van der Waals surface area contributed by atoms with Crippen molar-refractivity contribution in [3.05, 3.63) is 58.8 Å². The minimum absolute atomic E-state index is 0.0999. The minimum Gasteiger partial charge on any atom is -0.351 e. The maximum atomic E-state index is 12.4. The Morgan fingerprint density at radius 1 is 1.32 bits per heavy atom. The molecule has 3 rings (SSSR count). The largest absolute Gasteiger partial charge is 0.351 e. The van der Waals surface area contributed by atoms with Crippen LogP contribution in [0.3, 0.4) is 0 Å². The lowest BCUT2D eigenvalue weighted by Gasteiger charge is -2.07. The van der Waals surface area contributed by atoms with Crippen LogP contribution in [0.15, 0.2) is 36.0 Å². The summed E-state index contributed by atoms with van der Waals surface area (Å²) >= 11 is 0. The molecule has 144 valence electrons. The molecule has 0 aliphatic heterocycles. The van der Waals surface area contributed by atoms with Crippen molar-refractivity contribution in [1.82, 2.24) is 24.5 Å². The Morgan fingerprint density at radius 2 is 2.14 bits per heavy atom. The van der Waals surface area contributed by atoms with Crippen molar-refractivity contribution in [2.24, 2.45) is 0 Å². The summed E-state index contributed by atoms with van der Waals surface area (Å²) in [6, 6.07) is 9.71. The van der Waals surface area contributed by atoms with Gasteiger partial charge in [0.25, 0.3) is 5.91 Å². The van der Waals surface area contributed by atoms with Crippen molar-refractivity contribution < 1.29 is 4.79 Å². The van der Waals surface area contributed by atoms with E-state index in [1.165, 1.54) is 0 Å². The van der Waals surface area contributed by atoms with E-state index >= 15 is 0 Å². The van der Waals surface area contributed by atoms with Crippen molar-refractivity contribution in [3.63, 3.8) is 0 Å². The molecule has 0 saturated carbocycles. The third-order valence-corrected chi connectivity index (χ3v) is 4.74. The number of pyridine rings is 1. The fraction of sp³-hybridized carbons (Fsp3) is 0.333. The van der Waals surface area contributed by atoms with Gasteiger partial charge in [0.1, 0.15) is 17.5 Å². The number of nitrogens with one attached hydrogen (secondary N) is 1. The quantitative estimate of drug-likeness (QED) is 0.507. The van der Waals surface area contributed by atoms with E-state index in [-0.39, 0.29) is 11.5 Å². The Bertz CT molecular complexity index is 1070. The second kappa shape index (κ2) is 8.53. The van der Waals surface area contributed by atoms with E-state index in [9.17, 15) is 10.1 Å². The lowest BCUT2D eigenvalue weighted by atomic mass is 10.1. The Labute approximate surface area is 164 Å². The van der Waals surface area contributed by atoms with Crippen LogP contribution in [-0.2, 0) is 17.8 Å². The minimum atomic E-state index is -0.378. The van der Waals surface area contributed by atoms with Crippen molar-refractivity contribution in [3.8, 4) is 6.07 Å². The van der Waals surface area contributed by atoms with Gasteiger partial charge in [-0.15, -0.1) is 10.2 Å². The Balaban J connectivity index is 1.68. The van der Waals surface area contributed by atoms with Crippen LogP contribution in [0.4, 0.5) is 0 Å². The number of hydrogen-bond donors (Lipinski definition) is 1. The molecule has 1 amide bonds. The highest BCUT2D eigenvalue weighted by Gasteiger charge is 2.13. The number of aromatic nitrogens is 4. The second-order valence-electron chi connectivity index (χ2n) is 6.70. The van der Waals surface area contributed by atoms with Gasteiger partial charge in [0.2, 0.25) is 0 Å². The number of aryl methyl sites for hydroxylation is 1. The van der Waals surface area contributed by atoms with Crippen LogP contribution >= 0.6 is 0 Å². The number of hydrogen-bond acceptors (Lipinski definition) is 4. The van der Waals surface area contributed by atoms with E-state index in [2.05, 4.69) is 27.0 Å². The molecule has 3 aromatic heterocycles. The Kier molecular flexibility index (Phi) is 5.90. The number of nitrogens with zero attached hydrogens (tertiary/aromatic N) is 5. The maximum Gasteiger partial charge on any atom is 0.261 e. The standard InChI is InChI=1S/C21H24N6O/c1-4-10-26-15(2)12-17(16(26)3)13-18(14-22)21(28)23-9-8-20-25-24-19-7-5-6-11-27(19)20/h5-7,11-13H,4,8-10H2,1-3H3,(H,23,28)/b18-13-. The molecule has 0 saturated heterocycles. The average molecular weight is 376 g/mol. The maximum absolute atomic E-state index is 12.4. The first-order chi connectivity index (χ1) is 13.5. The number of carbonyl (C=O) groups is 1. The van der Waals surface area contributed by atoms with E-state index < -0.39 is 0 Å². The van der Waals surface area contributed by atoms with Gasteiger partial charge < -0.3 is 9.88 Å². The molecule has 3 aromatic rings. The zero-order chi connectivity index (χ0) is 20.1. The Morgan fingerprint density at radius 3 is 2.89 bits per heavy atom. The van der Waals surface area contributed by atoms with Crippen LogP contribution in [-0.4, -0.2) is 31.6 Å². The van der Waals surface area contributed by atoms with E-state index in [0.29, 0.717) is 13.0 Å². The van der Waals surface area contributed by atoms with Gasteiger partial charge in [-0.2, -0.15) is 5.26 Å². The average Bonchev–Trinajstić information content (AvgIpc) is 3.22. The molecule has 0 aliphatic carbocycles. The number of amides is 1. The first-order valence-electron chi connectivity index (χ1n) is 9.40. The summed E-state index contributed by atoms with van der Waals surface area (Å²) in [6.45, 7) is 7.47. The lowest BCUT2D eigenvalue weighted by Crippen LogP contribution is -2.27. The molecule has 0 bridgehead atoms. The van der Waals surface area contributed by atoms with E-state index in [0.717, 1.165) is 41.4 Å². The molecule has 0 aliphatic rings. The summed E-state index contributed by atoms with van der Waals surface area (Å²) in [5.74, 6) is 0.387. The van der Waals surface area contributed by atoms with Gasteiger partial charge in [-0.25, -0.2) is 0 Å².